The van der Waals surface area contributed by atoms with Gasteiger partial charge in [0.2, 0.25) is 0 Å². The zero-order chi connectivity index (χ0) is 27.4. The first-order chi connectivity index (χ1) is 17.5. The molecule has 0 saturated carbocycles. The smallest absolute Gasteiger partial charge is 0.549 e. The van der Waals surface area contributed by atoms with E-state index in [-0.39, 0.29) is 103 Å². The summed E-state index contributed by atoms with van der Waals surface area (Å²) in [5.41, 5.74) is 1.93. The molecule has 1 aromatic heterocycles. The molecule has 0 N–H and O–H groups in total. The van der Waals surface area contributed by atoms with Gasteiger partial charge < -0.3 is 39.6 Å². The number of carboxylic acids is 4. The van der Waals surface area contributed by atoms with E-state index in [1.54, 1.807) is 24.3 Å². The van der Waals surface area contributed by atoms with Crippen molar-refractivity contribution in [3.05, 3.63) is 58.9 Å². The number of nitrogens with zero attached hydrogens (tertiary/aromatic N) is 4. The van der Waals surface area contributed by atoms with Gasteiger partial charge in [0.15, 0.2) is 0 Å². The molecule has 0 radical (unpaired) electrons. The quantitative estimate of drug-likeness (QED) is 0.0833. The largest absolute Gasteiger partial charge is 3.00 e. The van der Waals surface area contributed by atoms with Crippen molar-refractivity contribution in [2.24, 2.45) is 4.99 Å². The van der Waals surface area contributed by atoms with Gasteiger partial charge in [0.1, 0.15) is 0 Å². The van der Waals surface area contributed by atoms with E-state index in [4.69, 9.17) is 0 Å². The van der Waals surface area contributed by atoms with Gasteiger partial charge in [-0.15, -0.1) is 0 Å². The van der Waals surface area contributed by atoms with Crippen LogP contribution in [0.15, 0.2) is 41.4 Å². The van der Waals surface area contributed by atoms with Crippen molar-refractivity contribution in [3.63, 3.8) is 0 Å². The fraction of sp³-hybridized carbons (Fsp3) is 0.250. The van der Waals surface area contributed by atoms with Crippen LogP contribution >= 0.6 is 12.2 Å². The summed E-state index contributed by atoms with van der Waals surface area (Å²) in [7, 11) is 0. The monoisotopic (exact) mass is 698 g/mol. The minimum atomic E-state index is -1.52. The Morgan fingerprint density at radius 2 is 1.13 bits per heavy atom. The molecule has 2 rings (SSSR count). The van der Waals surface area contributed by atoms with Crippen LogP contribution in [0.2, 0.25) is 0 Å². The number of carbonyl (C=O) groups is 4. The maximum atomic E-state index is 11.0. The van der Waals surface area contributed by atoms with E-state index in [0.717, 1.165) is 9.80 Å². The second kappa shape index (κ2) is 19.2. The van der Waals surface area contributed by atoms with Crippen molar-refractivity contribution in [1.82, 2.24) is 14.8 Å². The van der Waals surface area contributed by atoms with E-state index >= 15 is 0 Å². The molecule has 0 bridgehead atoms. The molecule has 0 atom stereocenters. The molecule has 12 nitrogen and oxygen atoms in total. The number of isothiocyanates is 1. The van der Waals surface area contributed by atoms with Gasteiger partial charge in [-0.1, -0.05) is 11.8 Å². The summed E-state index contributed by atoms with van der Waals surface area (Å²) in [6.45, 7) is -3.40. The van der Waals surface area contributed by atoms with Gasteiger partial charge >= 0.3 is 78.9 Å². The molecule has 39 heavy (non-hydrogen) atoms. The van der Waals surface area contributed by atoms with Crippen molar-refractivity contribution in [1.29, 1.82) is 0 Å². The van der Waals surface area contributed by atoms with Gasteiger partial charge in [-0.2, -0.15) is 4.99 Å². The van der Waals surface area contributed by atoms with Gasteiger partial charge in [-0.25, -0.2) is 0 Å². The fourth-order valence-corrected chi connectivity index (χ4v) is 3.33. The van der Waals surface area contributed by atoms with Crippen LogP contribution in [0.25, 0.3) is 0 Å². The van der Waals surface area contributed by atoms with Crippen molar-refractivity contribution >= 4 is 46.9 Å². The van der Waals surface area contributed by atoms with Crippen LogP contribution in [0.5, 0.6) is 0 Å². The predicted molar refractivity (Wildman–Crippen MR) is 122 cm³/mol. The summed E-state index contributed by atoms with van der Waals surface area (Å²) in [5, 5.41) is 46.4. The van der Waals surface area contributed by atoms with Crippen LogP contribution in [-0.2, 0) is 32.3 Å². The van der Waals surface area contributed by atoms with Crippen LogP contribution in [-0.4, -0.2) is 70.0 Å². The van der Waals surface area contributed by atoms with E-state index < -0.39 is 50.1 Å². The molecular formula is C24H18EuN4NaO8S. The first-order valence-corrected chi connectivity index (χ1v) is 10.9. The van der Waals surface area contributed by atoms with Crippen LogP contribution in [0.3, 0.4) is 0 Å². The Morgan fingerprint density at radius 3 is 1.49 bits per heavy atom. The molecule has 0 amide bonds. The van der Waals surface area contributed by atoms with E-state index in [9.17, 15) is 39.6 Å². The topological polar surface area (TPSA) is 192 Å². The molecular weight excluding hydrogens is 679 g/mol. The Balaban J connectivity index is 0.00000722. The average Bonchev–Trinajstić information content (AvgIpc) is 2.77. The van der Waals surface area contributed by atoms with Gasteiger partial charge in [-0.05, 0) is 48.6 Å². The number of hydrogen-bond acceptors (Lipinski definition) is 13. The number of thiocarbonyl (C=S) groups is 1. The van der Waals surface area contributed by atoms with Gasteiger partial charge in [-0.3, -0.25) is 14.8 Å². The zero-order valence-electron chi connectivity index (χ0n) is 20.5. The van der Waals surface area contributed by atoms with E-state index in [0.29, 0.717) is 16.8 Å². The summed E-state index contributed by atoms with van der Waals surface area (Å²) in [6.07, 6.45) is 0. The number of carboxylic acid groups (broad SMARTS) is 4. The molecule has 0 aliphatic rings. The normalized spacial score (nSPS) is 9.79. The van der Waals surface area contributed by atoms with Crippen molar-refractivity contribution < 1.29 is 119 Å². The van der Waals surface area contributed by atoms with Crippen molar-refractivity contribution in [3.8, 4) is 11.8 Å². The maximum Gasteiger partial charge on any atom is 3.00 e. The molecule has 0 spiro atoms. The predicted octanol–water partition coefficient (Wildman–Crippen LogP) is -7.18. The van der Waals surface area contributed by atoms with Crippen molar-refractivity contribution in [2.45, 2.75) is 13.1 Å². The Morgan fingerprint density at radius 1 is 0.744 bits per heavy atom. The summed E-state index contributed by atoms with van der Waals surface area (Å²) >= 11 is 4.56. The Kier molecular flexibility index (Phi) is 18.3. The Bertz CT molecular complexity index is 1210. The molecule has 2 aromatic rings. The SMILES string of the molecule is O=C([O-])CN(CC(=O)[O-])Cc1cc(C#Cc2ccc(N=C=S)cc2)cc(CN(CC(=O)[O-])CC(=O)[O-])n1.[Eu+3].[Na+]. The molecule has 1 aromatic carbocycles. The minimum Gasteiger partial charge on any atom is -0.549 e. The maximum absolute atomic E-state index is 11.0. The van der Waals surface area contributed by atoms with E-state index in [1.807, 2.05) is 0 Å². The zero-order valence-corrected chi connectivity index (χ0v) is 25.8. The molecule has 0 aliphatic carbocycles. The van der Waals surface area contributed by atoms with Crippen LogP contribution in [0, 0.1) is 61.2 Å². The molecule has 0 saturated heterocycles. The van der Waals surface area contributed by atoms with E-state index in [2.05, 4.69) is 39.2 Å². The van der Waals surface area contributed by atoms with Gasteiger partial charge in [0.25, 0.3) is 0 Å². The number of carbonyl (C=O) groups excluding carboxylic acids is 4. The van der Waals surface area contributed by atoms with Crippen LogP contribution in [0.1, 0.15) is 22.5 Å². The molecule has 0 aliphatic heterocycles. The second-order valence-electron chi connectivity index (χ2n) is 7.62. The summed E-state index contributed by atoms with van der Waals surface area (Å²) < 4.78 is 0. The summed E-state index contributed by atoms with van der Waals surface area (Å²) in [6, 6.07) is 9.68. The third-order valence-electron chi connectivity index (χ3n) is 4.51. The summed E-state index contributed by atoms with van der Waals surface area (Å²) in [4.78, 5) is 54.3. The molecule has 0 fully saturated rings. The van der Waals surface area contributed by atoms with Gasteiger partial charge in [0.05, 0.1) is 46.1 Å². The average molecular weight is 697 g/mol. The van der Waals surface area contributed by atoms with E-state index in [1.165, 1.54) is 12.1 Å². The first-order valence-electron chi connectivity index (χ1n) is 10.5. The number of aromatic nitrogens is 1. The number of aliphatic carboxylic acids is 4. The van der Waals surface area contributed by atoms with Crippen LogP contribution < -0.4 is 50.0 Å². The number of aliphatic imine (C=N–C) groups is 1. The standard InChI is InChI=1S/C24H22N4O8S.Eu.Na/c29-21(30)11-27(12-22(31)32)9-19-7-17(2-1-16-3-5-18(6-4-16)25-15-37)8-20(26-19)10-28(13-23(33)34)14-24(35)36;;/h3-8H,9-14H2,(H,29,30)(H,31,32)(H,33,34)(H,35,36);;/q;+3;+1/p-4. The number of pyridine rings is 1. The number of rotatable bonds is 13. The fourth-order valence-electron chi connectivity index (χ4n) is 3.22. The number of hydrogen-bond donors (Lipinski definition) is 0. The van der Waals surface area contributed by atoms with Gasteiger partial charge in [0, 0.05) is 50.4 Å². The molecule has 1 heterocycles. The third-order valence-corrected chi connectivity index (χ3v) is 4.60. The van der Waals surface area contributed by atoms with Crippen LogP contribution in [0.4, 0.5) is 5.69 Å². The molecule has 196 valence electrons. The number of benzene rings is 1. The molecule has 15 heteroatoms. The van der Waals surface area contributed by atoms with Crippen molar-refractivity contribution in [2.75, 3.05) is 26.2 Å². The third kappa shape index (κ3) is 15.5. The summed E-state index contributed by atoms with van der Waals surface area (Å²) in [5.74, 6) is -0.277. The minimum absolute atomic E-state index is 0. The second-order valence-corrected chi connectivity index (χ2v) is 7.80. The first kappa shape index (κ1) is 37.1. The Hall–Kier alpha value is -1.89. The Labute approximate surface area is 292 Å². The molecule has 0 unspecified atom stereocenters.